The summed E-state index contributed by atoms with van der Waals surface area (Å²) in [5.41, 5.74) is -0.120. The van der Waals surface area contributed by atoms with Gasteiger partial charge in [-0.25, -0.2) is 0 Å². The Labute approximate surface area is 161 Å². The van der Waals surface area contributed by atoms with Gasteiger partial charge >= 0.3 is 12.1 Å². The van der Waals surface area contributed by atoms with Crippen molar-refractivity contribution in [3.63, 3.8) is 0 Å². The van der Waals surface area contributed by atoms with Crippen molar-refractivity contribution < 1.29 is 27.8 Å². The second-order valence-corrected chi connectivity index (χ2v) is 6.50. The Kier molecular flexibility index (Phi) is 5.26. The molecule has 3 aromatic rings. The normalized spacial score (nSPS) is 11.7. The number of carbonyl (C=O) groups is 1. The number of aliphatic carboxylic acids is 1. The van der Waals surface area contributed by atoms with Crippen molar-refractivity contribution in [3.8, 4) is 11.4 Å². The lowest BCUT2D eigenvalue weighted by molar-refractivity contribution is -0.138. The van der Waals surface area contributed by atoms with Crippen molar-refractivity contribution in [2.45, 2.75) is 12.6 Å². The highest BCUT2D eigenvalue weighted by molar-refractivity contribution is 6.38. The average molecular weight is 418 g/mol. The van der Waals surface area contributed by atoms with Crippen molar-refractivity contribution in [3.05, 3.63) is 58.2 Å². The Morgan fingerprint density at radius 3 is 2.37 bits per heavy atom. The third-order valence-electron chi connectivity index (χ3n) is 3.83. The van der Waals surface area contributed by atoms with Gasteiger partial charge in [-0.1, -0.05) is 23.2 Å². The van der Waals surface area contributed by atoms with Gasteiger partial charge in [0.2, 0.25) is 0 Å². The molecular formula is C18H12Cl2F3NO3. The molecule has 142 valence electrons. The van der Waals surface area contributed by atoms with Crippen LogP contribution in [-0.2, 0) is 11.0 Å². The number of ether oxygens (including phenoxy) is 1. The van der Waals surface area contributed by atoms with E-state index in [4.69, 9.17) is 33.0 Å². The molecule has 1 heterocycles. The van der Waals surface area contributed by atoms with E-state index in [0.29, 0.717) is 11.3 Å². The Balaban J connectivity index is 2.03. The lowest BCUT2D eigenvalue weighted by atomic mass is 10.2. The minimum Gasteiger partial charge on any atom is -0.493 e. The van der Waals surface area contributed by atoms with Crippen molar-refractivity contribution in [1.29, 1.82) is 0 Å². The predicted molar refractivity (Wildman–Crippen MR) is 96.0 cm³/mol. The van der Waals surface area contributed by atoms with Gasteiger partial charge < -0.3 is 14.4 Å². The van der Waals surface area contributed by atoms with E-state index in [1.807, 2.05) is 0 Å². The van der Waals surface area contributed by atoms with E-state index < -0.39 is 17.7 Å². The Hall–Kier alpha value is -2.38. The summed E-state index contributed by atoms with van der Waals surface area (Å²) in [5.74, 6) is -0.564. The molecule has 2 aromatic carbocycles. The molecule has 0 spiro atoms. The number of fused-ring (bicyclic) bond motifs is 1. The number of carboxylic acid groups (broad SMARTS) is 1. The predicted octanol–water partition coefficient (Wildman–Crippen LogP) is 5.81. The van der Waals surface area contributed by atoms with Crippen LogP contribution in [0.2, 0.25) is 10.0 Å². The van der Waals surface area contributed by atoms with Crippen LogP contribution in [0.3, 0.4) is 0 Å². The van der Waals surface area contributed by atoms with Crippen LogP contribution in [0.15, 0.2) is 42.6 Å². The number of alkyl halides is 3. The SMILES string of the molecule is O=C(O)CCOc1ccc2ccn(-c3c(Cl)cc(C(F)(F)F)cc3Cl)c2c1. The molecule has 1 aromatic heterocycles. The van der Waals surface area contributed by atoms with E-state index in [1.165, 1.54) is 0 Å². The fourth-order valence-electron chi connectivity index (χ4n) is 2.61. The Morgan fingerprint density at radius 1 is 1.11 bits per heavy atom. The van der Waals surface area contributed by atoms with E-state index >= 15 is 0 Å². The van der Waals surface area contributed by atoms with Gasteiger partial charge in [-0.05, 0) is 30.3 Å². The Morgan fingerprint density at radius 2 is 1.78 bits per heavy atom. The van der Waals surface area contributed by atoms with Gasteiger partial charge in [-0.2, -0.15) is 13.2 Å². The van der Waals surface area contributed by atoms with Crippen LogP contribution >= 0.6 is 23.2 Å². The number of hydrogen-bond acceptors (Lipinski definition) is 2. The number of nitrogens with zero attached hydrogens (tertiary/aromatic N) is 1. The molecule has 3 rings (SSSR count). The van der Waals surface area contributed by atoms with Gasteiger partial charge in [0.05, 0.1) is 39.8 Å². The number of hydrogen-bond donors (Lipinski definition) is 1. The minimum atomic E-state index is -4.56. The smallest absolute Gasteiger partial charge is 0.416 e. The third-order valence-corrected chi connectivity index (χ3v) is 4.41. The van der Waals surface area contributed by atoms with Crippen LogP contribution in [0.1, 0.15) is 12.0 Å². The molecule has 0 atom stereocenters. The zero-order valence-electron chi connectivity index (χ0n) is 13.6. The highest BCUT2D eigenvalue weighted by atomic mass is 35.5. The molecule has 0 saturated carbocycles. The molecule has 0 amide bonds. The lowest BCUT2D eigenvalue weighted by Crippen LogP contribution is -2.06. The van der Waals surface area contributed by atoms with Crippen LogP contribution in [0.4, 0.5) is 13.2 Å². The number of carboxylic acids is 1. The molecule has 27 heavy (non-hydrogen) atoms. The van der Waals surface area contributed by atoms with E-state index in [0.717, 1.165) is 17.5 Å². The van der Waals surface area contributed by atoms with Gasteiger partial charge in [-0.3, -0.25) is 4.79 Å². The topological polar surface area (TPSA) is 51.5 Å². The Bertz CT molecular complexity index is 992. The van der Waals surface area contributed by atoms with Gasteiger partial charge in [0, 0.05) is 17.6 Å². The van der Waals surface area contributed by atoms with Gasteiger partial charge in [0.1, 0.15) is 5.75 Å². The molecule has 0 aliphatic rings. The van der Waals surface area contributed by atoms with E-state index in [-0.39, 0.29) is 28.8 Å². The molecule has 0 aliphatic carbocycles. The largest absolute Gasteiger partial charge is 0.493 e. The summed E-state index contributed by atoms with van der Waals surface area (Å²) in [5, 5.41) is 9.16. The standard InChI is InChI=1S/C18H12Cl2F3NO3/c19-13-7-11(18(21,22)23)8-14(20)17(13)24-5-3-10-1-2-12(9-15(10)24)27-6-4-16(25)26/h1-3,5,7-9H,4,6H2,(H,25,26). The zero-order chi connectivity index (χ0) is 19.8. The molecule has 0 bridgehead atoms. The van der Waals surface area contributed by atoms with E-state index in [2.05, 4.69) is 0 Å². The first-order valence-corrected chi connectivity index (χ1v) is 8.45. The molecule has 9 heteroatoms. The molecule has 1 N–H and O–H groups in total. The summed E-state index contributed by atoms with van der Waals surface area (Å²) in [4.78, 5) is 10.6. The van der Waals surface area contributed by atoms with Crippen LogP contribution in [0.25, 0.3) is 16.6 Å². The first-order valence-electron chi connectivity index (χ1n) is 7.69. The second kappa shape index (κ2) is 7.32. The quantitative estimate of drug-likeness (QED) is 0.569. The summed E-state index contributed by atoms with van der Waals surface area (Å²) in [7, 11) is 0. The van der Waals surface area contributed by atoms with Crippen molar-refractivity contribution in [2.24, 2.45) is 0 Å². The van der Waals surface area contributed by atoms with Crippen molar-refractivity contribution in [1.82, 2.24) is 4.57 Å². The van der Waals surface area contributed by atoms with E-state index in [9.17, 15) is 18.0 Å². The number of benzene rings is 2. The summed E-state index contributed by atoms with van der Waals surface area (Å²) < 4.78 is 45.7. The second-order valence-electron chi connectivity index (χ2n) is 5.68. The molecule has 0 fully saturated rings. The molecular weight excluding hydrogens is 406 g/mol. The maximum atomic E-state index is 12.9. The third kappa shape index (κ3) is 4.14. The average Bonchev–Trinajstić information content (AvgIpc) is 2.96. The van der Waals surface area contributed by atoms with Gasteiger partial charge in [-0.15, -0.1) is 0 Å². The maximum absolute atomic E-state index is 12.9. The van der Waals surface area contributed by atoms with Crippen LogP contribution < -0.4 is 4.74 Å². The molecule has 0 aliphatic heterocycles. The summed E-state index contributed by atoms with van der Waals surface area (Å²) >= 11 is 12.2. The number of rotatable bonds is 5. The minimum absolute atomic E-state index is 0.0106. The van der Waals surface area contributed by atoms with E-state index in [1.54, 1.807) is 35.0 Å². The van der Waals surface area contributed by atoms with Crippen LogP contribution in [0, 0.1) is 0 Å². The van der Waals surface area contributed by atoms with Crippen molar-refractivity contribution in [2.75, 3.05) is 6.61 Å². The number of aromatic nitrogens is 1. The lowest BCUT2D eigenvalue weighted by Gasteiger charge is -2.14. The number of halogens is 5. The van der Waals surface area contributed by atoms with Gasteiger partial charge in [0.15, 0.2) is 0 Å². The summed E-state index contributed by atoms with van der Waals surface area (Å²) in [6.45, 7) is -0.0106. The first-order chi connectivity index (χ1) is 12.7. The molecule has 0 unspecified atom stereocenters. The van der Waals surface area contributed by atoms with Crippen LogP contribution in [-0.4, -0.2) is 22.2 Å². The monoisotopic (exact) mass is 417 g/mol. The fourth-order valence-corrected chi connectivity index (χ4v) is 3.28. The summed E-state index contributed by atoms with van der Waals surface area (Å²) in [6.07, 6.45) is -3.09. The van der Waals surface area contributed by atoms with Gasteiger partial charge in [0.25, 0.3) is 0 Å². The van der Waals surface area contributed by atoms with Crippen LogP contribution in [0.5, 0.6) is 5.75 Å². The highest BCUT2D eigenvalue weighted by Crippen LogP contribution is 2.39. The summed E-state index contributed by atoms with van der Waals surface area (Å²) in [6, 6.07) is 8.45. The maximum Gasteiger partial charge on any atom is 0.416 e. The molecule has 0 saturated heterocycles. The molecule has 4 nitrogen and oxygen atoms in total. The first kappa shape index (κ1) is 19.4. The highest BCUT2D eigenvalue weighted by Gasteiger charge is 2.32. The zero-order valence-corrected chi connectivity index (χ0v) is 15.1. The molecule has 0 radical (unpaired) electrons. The fraction of sp³-hybridized carbons (Fsp3) is 0.167. The van der Waals surface area contributed by atoms with Crippen molar-refractivity contribution >= 4 is 40.1 Å².